The number of nitrogens with one attached hydrogen (secondary N) is 2. The van der Waals surface area contributed by atoms with Crippen LogP contribution in [-0.2, 0) is 0 Å². The van der Waals surface area contributed by atoms with Gasteiger partial charge in [-0.25, -0.2) is 4.98 Å². The van der Waals surface area contributed by atoms with E-state index in [2.05, 4.69) is 43.4 Å². The minimum atomic E-state index is -0.244. The maximum atomic E-state index is 13.7. The lowest BCUT2D eigenvalue weighted by Crippen LogP contribution is -2.23. The fraction of sp³-hybridized carbons (Fsp3) is 0.154. The smallest absolute Gasteiger partial charge is 0.176 e. The van der Waals surface area contributed by atoms with Crippen molar-refractivity contribution in [1.29, 1.82) is 0 Å². The number of pyridine rings is 2. The highest BCUT2D eigenvalue weighted by Crippen LogP contribution is 2.32. The van der Waals surface area contributed by atoms with Gasteiger partial charge in [0.05, 0.1) is 28.9 Å². The van der Waals surface area contributed by atoms with Crippen molar-refractivity contribution in [1.82, 2.24) is 30.1 Å². The molecular formula is C26H24FN7S. The molecule has 35 heavy (non-hydrogen) atoms. The summed E-state index contributed by atoms with van der Waals surface area (Å²) in [5, 5.41) is 9.24. The Kier molecular flexibility index (Phi) is 6.00. The van der Waals surface area contributed by atoms with Gasteiger partial charge in [-0.05, 0) is 43.7 Å². The molecule has 5 aromatic rings. The van der Waals surface area contributed by atoms with Gasteiger partial charge in [-0.15, -0.1) is 11.3 Å². The molecule has 5 aromatic heterocycles. The van der Waals surface area contributed by atoms with Crippen molar-refractivity contribution < 1.29 is 4.39 Å². The molecule has 0 bridgehead atoms. The van der Waals surface area contributed by atoms with Gasteiger partial charge >= 0.3 is 0 Å². The molecule has 0 fully saturated rings. The number of halogens is 1. The quantitative estimate of drug-likeness (QED) is 0.386. The van der Waals surface area contributed by atoms with E-state index < -0.39 is 0 Å². The molecule has 0 amide bonds. The second kappa shape index (κ2) is 9.27. The van der Waals surface area contributed by atoms with Gasteiger partial charge in [0, 0.05) is 47.7 Å². The van der Waals surface area contributed by atoms with Crippen LogP contribution in [0.3, 0.4) is 0 Å². The van der Waals surface area contributed by atoms with Gasteiger partial charge in [0.2, 0.25) is 0 Å². The molecule has 0 aliphatic carbocycles. The summed E-state index contributed by atoms with van der Waals surface area (Å²) in [7, 11) is 3.99. The average Bonchev–Trinajstić information content (AvgIpc) is 3.59. The molecule has 0 radical (unpaired) electrons. The summed E-state index contributed by atoms with van der Waals surface area (Å²) in [6.07, 6.45) is 13.2. The van der Waals surface area contributed by atoms with Crippen molar-refractivity contribution in [2.24, 2.45) is 0 Å². The number of hydrogen-bond acceptors (Lipinski definition) is 6. The summed E-state index contributed by atoms with van der Waals surface area (Å²) < 4.78 is 13.7. The zero-order chi connectivity index (χ0) is 24.5. The minimum Gasteiger partial charge on any atom is -0.376 e. The normalized spacial score (nSPS) is 13.2. The van der Waals surface area contributed by atoms with E-state index in [1.807, 2.05) is 51.3 Å². The third-order valence-corrected chi connectivity index (χ3v) is 6.67. The predicted molar refractivity (Wildman–Crippen MR) is 141 cm³/mol. The van der Waals surface area contributed by atoms with E-state index in [4.69, 9.17) is 4.98 Å². The van der Waals surface area contributed by atoms with Crippen LogP contribution in [0.5, 0.6) is 0 Å². The fourth-order valence-electron chi connectivity index (χ4n) is 3.91. The van der Waals surface area contributed by atoms with Gasteiger partial charge in [0.1, 0.15) is 11.2 Å². The van der Waals surface area contributed by atoms with Crippen LogP contribution < -0.4 is 15.5 Å². The summed E-state index contributed by atoms with van der Waals surface area (Å²) in [6.45, 7) is 3.97. The van der Waals surface area contributed by atoms with E-state index in [0.717, 1.165) is 60.2 Å². The Morgan fingerprint density at radius 3 is 2.63 bits per heavy atom. The molecule has 0 unspecified atom stereocenters. The van der Waals surface area contributed by atoms with Crippen molar-refractivity contribution >= 4 is 45.8 Å². The van der Waals surface area contributed by atoms with E-state index in [0.29, 0.717) is 11.5 Å². The van der Waals surface area contributed by atoms with Crippen molar-refractivity contribution in [2.45, 2.75) is 13.8 Å². The Morgan fingerprint density at radius 2 is 1.91 bits per heavy atom. The van der Waals surface area contributed by atoms with Crippen LogP contribution in [-0.4, -0.2) is 44.2 Å². The van der Waals surface area contributed by atoms with Gasteiger partial charge in [-0.3, -0.25) is 15.1 Å². The summed E-state index contributed by atoms with van der Waals surface area (Å²) >= 11 is 1.07. The van der Waals surface area contributed by atoms with E-state index in [9.17, 15) is 4.39 Å². The first kappa shape index (κ1) is 22.7. The lowest BCUT2D eigenvalue weighted by atomic mass is 10.1. The van der Waals surface area contributed by atoms with Gasteiger partial charge in [-0.2, -0.15) is 9.49 Å². The molecule has 5 heterocycles. The molecule has 2 N–H and O–H groups in total. The van der Waals surface area contributed by atoms with Crippen LogP contribution in [0.4, 0.5) is 10.1 Å². The number of anilines is 1. The molecule has 176 valence electrons. The van der Waals surface area contributed by atoms with Crippen LogP contribution >= 0.6 is 11.3 Å². The Bertz CT molecular complexity index is 1670. The first-order valence-electron chi connectivity index (χ1n) is 11.1. The molecule has 7 nitrogen and oxygen atoms in total. The largest absolute Gasteiger partial charge is 0.376 e. The minimum absolute atomic E-state index is 0.244. The Hall–Kier alpha value is -4.11. The first-order valence-corrected chi connectivity index (χ1v) is 11.9. The number of nitrogens with zero attached hydrogens (tertiary/aromatic N) is 5. The molecule has 0 spiro atoms. The molecule has 5 rings (SSSR count). The summed E-state index contributed by atoms with van der Waals surface area (Å²) in [5.74, 6) is 0.609. The molecule has 0 atom stereocenters. The van der Waals surface area contributed by atoms with Crippen LogP contribution in [0.15, 0.2) is 49.1 Å². The van der Waals surface area contributed by atoms with Crippen molar-refractivity contribution in [3.05, 3.63) is 70.3 Å². The standard InChI is InChI=1S/C26H24FN7S/c1-5-15(16-9-17(34(3)4)12-28-11-16)10-18-20(6-2)32-33-25(18)26-30-21-14-29-13-19(24(21)31-26)22-7-8-23(27)35-22/h5-14,32H,1-4H3,(H,30,31)/b15-5-,18-10+,20-6+. The van der Waals surface area contributed by atoms with Crippen molar-refractivity contribution in [3.63, 3.8) is 0 Å². The molecule has 0 aliphatic rings. The SMILES string of the molecule is C/C=C(/C=c1/c(-c2nc3c(-c4ccc(F)s4)cncc3[nH]2)n[nH]/c1=C/C)c1cncc(N(C)C)c1. The zero-order valence-electron chi connectivity index (χ0n) is 19.8. The summed E-state index contributed by atoms with van der Waals surface area (Å²) in [5.41, 5.74) is 5.99. The number of aromatic nitrogens is 6. The lowest BCUT2D eigenvalue weighted by molar-refractivity contribution is 0.657. The second-order valence-corrected chi connectivity index (χ2v) is 9.21. The average molecular weight is 486 g/mol. The number of rotatable bonds is 5. The molecule has 0 saturated carbocycles. The van der Waals surface area contributed by atoms with Crippen LogP contribution in [0, 0.1) is 5.13 Å². The highest BCUT2D eigenvalue weighted by atomic mass is 32.1. The topological polar surface area (TPSA) is 86.4 Å². The number of thiophene rings is 1. The van der Waals surface area contributed by atoms with Gasteiger partial charge in [0.15, 0.2) is 11.0 Å². The third-order valence-electron chi connectivity index (χ3n) is 5.76. The monoisotopic (exact) mass is 485 g/mol. The Labute approximate surface area is 205 Å². The Morgan fingerprint density at radius 1 is 1.09 bits per heavy atom. The molecule has 0 aromatic carbocycles. The van der Waals surface area contributed by atoms with Crippen molar-refractivity contribution in [2.75, 3.05) is 19.0 Å². The highest BCUT2D eigenvalue weighted by molar-refractivity contribution is 7.14. The summed E-state index contributed by atoms with van der Waals surface area (Å²) in [6, 6.07) is 5.30. The van der Waals surface area contributed by atoms with E-state index in [1.165, 1.54) is 6.07 Å². The van der Waals surface area contributed by atoms with Gasteiger partial charge in [0.25, 0.3) is 0 Å². The number of H-pyrrole nitrogens is 2. The number of hydrogen-bond donors (Lipinski definition) is 2. The number of aromatic amines is 2. The molecule has 0 aliphatic heterocycles. The predicted octanol–water partition coefficient (Wildman–Crippen LogP) is 4.36. The van der Waals surface area contributed by atoms with Crippen LogP contribution in [0.25, 0.3) is 50.7 Å². The van der Waals surface area contributed by atoms with Crippen LogP contribution in [0.1, 0.15) is 19.4 Å². The summed E-state index contributed by atoms with van der Waals surface area (Å²) in [4.78, 5) is 19.7. The third kappa shape index (κ3) is 4.26. The van der Waals surface area contributed by atoms with Gasteiger partial charge < -0.3 is 9.88 Å². The molecular weight excluding hydrogens is 461 g/mol. The van der Waals surface area contributed by atoms with E-state index in [-0.39, 0.29) is 5.13 Å². The zero-order valence-corrected chi connectivity index (χ0v) is 20.6. The van der Waals surface area contributed by atoms with Crippen molar-refractivity contribution in [3.8, 4) is 22.0 Å². The second-order valence-electron chi connectivity index (χ2n) is 8.18. The maximum Gasteiger partial charge on any atom is 0.176 e. The number of allylic oxidation sites excluding steroid dienone is 2. The fourth-order valence-corrected chi connectivity index (χ4v) is 4.66. The maximum absolute atomic E-state index is 13.7. The van der Waals surface area contributed by atoms with E-state index >= 15 is 0 Å². The first-order chi connectivity index (χ1) is 17.0. The van der Waals surface area contributed by atoms with E-state index in [1.54, 1.807) is 18.5 Å². The Balaban J connectivity index is 1.67. The van der Waals surface area contributed by atoms with Gasteiger partial charge in [-0.1, -0.05) is 12.2 Å². The number of fused-ring (bicyclic) bond motifs is 1. The molecule has 9 heteroatoms. The highest BCUT2D eigenvalue weighted by Gasteiger charge is 2.16. The lowest BCUT2D eigenvalue weighted by Gasteiger charge is -2.13. The number of imidazole rings is 1. The van der Waals surface area contributed by atoms with Crippen LogP contribution in [0.2, 0.25) is 0 Å². The molecule has 0 saturated heterocycles.